The van der Waals surface area contributed by atoms with E-state index in [1.807, 2.05) is 13.8 Å². The highest BCUT2D eigenvalue weighted by atomic mass is 32.2. The highest BCUT2D eigenvalue weighted by Crippen LogP contribution is 2.10. The summed E-state index contributed by atoms with van der Waals surface area (Å²) in [6, 6.07) is 0.340. The number of hydrogen-bond donors (Lipinski definition) is 1. The second-order valence-corrected chi connectivity index (χ2v) is 7.14. The van der Waals surface area contributed by atoms with Crippen LogP contribution in [0.15, 0.2) is 0 Å². The van der Waals surface area contributed by atoms with Crippen LogP contribution in [-0.4, -0.2) is 56.4 Å². The molecule has 1 fully saturated rings. The monoisotopic (exact) mass is 262 g/mol. The predicted molar refractivity (Wildman–Crippen MR) is 67.6 cm³/mol. The summed E-state index contributed by atoms with van der Waals surface area (Å²) in [6.45, 7) is 5.41. The van der Waals surface area contributed by atoms with Crippen LogP contribution in [0.5, 0.6) is 0 Å². The molecule has 1 unspecified atom stereocenters. The van der Waals surface area contributed by atoms with Crippen molar-refractivity contribution < 1.29 is 13.2 Å². The van der Waals surface area contributed by atoms with E-state index in [0.717, 1.165) is 25.6 Å². The predicted octanol–water partition coefficient (Wildman–Crippen LogP) is 0.0200. The molecule has 1 saturated heterocycles. The number of sulfone groups is 1. The van der Waals surface area contributed by atoms with Gasteiger partial charge in [0, 0.05) is 24.9 Å². The molecule has 1 N–H and O–H groups in total. The lowest BCUT2D eigenvalue weighted by atomic mass is 10.2. The molecule has 1 heterocycles. The molecule has 0 aromatic rings. The summed E-state index contributed by atoms with van der Waals surface area (Å²) in [5, 5.41) is 3.32. The Morgan fingerprint density at radius 1 is 1.47 bits per heavy atom. The van der Waals surface area contributed by atoms with Crippen molar-refractivity contribution in [1.29, 1.82) is 0 Å². The van der Waals surface area contributed by atoms with Crippen LogP contribution in [0.25, 0.3) is 0 Å². The number of carbonyl (C=O) groups is 1. The largest absolute Gasteiger partial charge is 0.338 e. The van der Waals surface area contributed by atoms with Crippen LogP contribution >= 0.6 is 0 Å². The lowest BCUT2D eigenvalue weighted by molar-refractivity contribution is -0.130. The fourth-order valence-corrected chi connectivity index (χ4v) is 2.67. The third-order valence-corrected chi connectivity index (χ3v) is 3.68. The second-order valence-electron chi connectivity index (χ2n) is 5.00. The minimum Gasteiger partial charge on any atom is -0.338 e. The van der Waals surface area contributed by atoms with Crippen molar-refractivity contribution in [1.82, 2.24) is 10.2 Å². The van der Waals surface area contributed by atoms with Gasteiger partial charge in [0.2, 0.25) is 5.91 Å². The minimum atomic E-state index is -3.25. The second kappa shape index (κ2) is 5.82. The number of hydrogen-bond acceptors (Lipinski definition) is 4. The van der Waals surface area contributed by atoms with Gasteiger partial charge in [0.1, 0.15) is 5.75 Å². The Kier molecular flexibility index (Phi) is 4.94. The van der Waals surface area contributed by atoms with E-state index in [-0.39, 0.29) is 11.9 Å². The number of nitrogens with one attached hydrogen (secondary N) is 1. The van der Waals surface area contributed by atoms with E-state index in [2.05, 4.69) is 5.32 Å². The summed E-state index contributed by atoms with van der Waals surface area (Å²) in [7, 11) is -3.25. The third-order valence-electron chi connectivity index (χ3n) is 2.91. The van der Waals surface area contributed by atoms with Gasteiger partial charge in [-0.1, -0.05) is 0 Å². The first-order chi connectivity index (χ1) is 7.79. The van der Waals surface area contributed by atoms with Gasteiger partial charge >= 0.3 is 0 Å². The van der Waals surface area contributed by atoms with Crippen LogP contribution in [0.2, 0.25) is 0 Å². The molecule has 0 saturated carbocycles. The number of nitrogens with zero attached hydrogens (tertiary/aromatic N) is 1. The van der Waals surface area contributed by atoms with Crippen LogP contribution in [0.1, 0.15) is 26.7 Å². The average Bonchev–Trinajstić information content (AvgIpc) is 2.62. The summed E-state index contributed by atoms with van der Waals surface area (Å²) < 4.78 is 22.3. The van der Waals surface area contributed by atoms with Crippen molar-refractivity contribution in [2.45, 2.75) is 38.8 Å². The van der Waals surface area contributed by atoms with Crippen LogP contribution in [0, 0.1) is 0 Å². The molecule has 1 atom stereocenters. The Morgan fingerprint density at radius 2 is 2.12 bits per heavy atom. The molecule has 1 aliphatic heterocycles. The number of rotatable bonds is 5. The number of carbonyl (C=O) groups excluding carboxylic acids is 1. The minimum absolute atomic E-state index is 0.0339. The van der Waals surface area contributed by atoms with E-state index >= 15 is 0 Å². The summed E-state index contributed by atoms with van der Waals surface area (Å²) >= 11 is 0. The van der Waals surface area contributed by atoms with Gasteiger partial charge in [0.15, 0.2) is 9.84 Å². The third kappa shape index (κ3) is 5.04. The molecule has 6 heteroatoms. The zero-order valence-electron chi connectivity index (χ0n) is 10.8. The molecule has 0 aliphatic carbocycles. The van der Waals surface area contributed by atoms with Gasteiger partial charge in [-0.2, -0.15) is 0 Å². The highest BCUT2D eigenvalue weighted by Gasteiger charge is 2.25. The zero-order valence-corrected chi connectivity index (χ0v) is 11.6. The van der Waals surface area contributed by atoms with Gasteiger partial charge in [0.05, 0.1) is 0 Å². The Bertz CT molecular complexity index is 359. The van der Waals surface area contributed by atoms with Crippen LogP contribution in [-0.2, 0) is 14.6 Å². The van der Waals surface area contributed by atoms with Crippen LogP contribution in [0.3, 0.4) is 0 Å². The molecular weight excluding hydrogens is 240 g/mol. The lowest BCUT2D eigenvalue weighted by Gasteiger charge is -2.29. The first-order valence-electron chi connectivity index (χ1n) is 6.00. The molecule has 0 aromatic carbocycles. The normalized spacial score (nSPS) is 20.8. The summed E-state index contributed by atoms with van der Waals surface area (Å²) in [6.07, 6.45) is 3.27. The summed E-state index contributed by atoms with van der Waals surface area (Å²) in [5.41, 5.74) is 0. The van der Waals surface area contributed by atoms with E-state index < -0.39 is 15.6 Å². The average molecular weight is 262 g/mol. The van der Waals surface area contributed by atoms with Crippen molar-refractivity contribution in [2.24, 2.45) is 0 Å². The van der Waals surface area contributed by atoms with Gasteiger partial charge in [0.25, 0.3) is 0 Å². The SMILES string of the molecule is CC(C)N(CC1CCCN1)C(=O)CS(C)(=O)=O. The van der Waals surface area contributed by atoms with E-state index in [1.54, 1.807) is 4.90 Å². The molecule has 1 amide bonds. The van der Waals surface area contributed by atoms with Crippen LogP contribution < -0.4 is 5.32 Å². The molecule has 0 bridgehead atoms. The summed E-state index contributed by atoms with van der Waals surface area (Å²) in [5.74, 6) is -0.686. The molecular formula is C11H22N2O3S. The fourth-order valence-electron chi connectivity index (χ4n) is 2.06. The maximum atomic E-state index is 11.9. The molecule has 1 aliphatic rings. The van der Waals surface area contributed by atoms with Crippen molar-refractivity contribution in [3.8, 4) is 0 Å². The Labute approximate surface area is 103 Å². The fraction of sp³-hybridized carbons (Fsp3) is 0.909. The molecule has 1 rings (SSSR count). The molecule has 17 heavy (non-hydrogen) atoms. The maximum absolute atomic E-state index is 11.9. The van der Waals surface area contributed by atoms with Gasteiger partial charge in [-0.3, -0.25) is 4.79 Å². The van der Waals surface area contributed by atoms with Crippen LogP contribution in [0.4, 0.5) is 0 Å². The summed E-state index contributed by atoms with van der Waals surface area (Å²) in [4.78, 5) is 13.6. The van der Waals surface area contributed by atoms with Crippen molar-refractivity contribution in [3.05, 3.63) is 0 Å². The topological polar surface area (TPSA) is 66.5 Å². The first-order valence-corrected chi connectivity index (χ1v) is 8.06. The van der Waals surface area contributed by atoms with E-state index in [9.17, 15) is 13.2 Å². The molecule has 0 aromatic heterocycles. The molecule has 0 spiro atoms. The van der Waals surface area contributed by atoms with Crippen molar-refractivity contribution in [2.75, 3.05) is 25.1 Å². The van der Waals surface area contributed by atoms with E-state index in [0.29, 0.717) is 12.6 Å². The zero-order chi connectivity index (χ0) is 13.1. The van der Waals surface area contributed by atoms with Crippen molar-refractivity contribution in [3.63, 3.8) is 0 Å². The first kappa shape index (κ1) is 14.4. The van der Waals surface area contributed by atoms with Gasteiger partial charge in [-0.25, -0.2) is 8.42 Å². The van der Waals surface area contributed by atoms with E-state index in [1.165, 1.54) is 0 Å². The van der Waals surface area contributed by atoms with E-state index in [4.69, 9.17) is 0 Å². The maximum Gasteiger partial charge on any atom is 0.238 e. The van der Waals surface area contributed by atoms with Gasteiger partial charge < -0.3 is 10.2 Å². The molecule has 5 nitrogen and oxygen atoms in total. The highest BCUT2D eigenvalue weighted by molar-refractivity contribution is 7.91. The Hall–Kier alpha value is -0.620. The Balaban J connectivity index is 2.61. The quantitative estimate of drug-likeness (QED) is 0.758. The molecule has 100 valence electrons. The van der Waals surface area contributed by atoms with Gasteiger partial charge in [-0.05, 0) is 33.2 Å². The van der Waals surface area contributed by atoms with Gasteiger partial charge in [-0.15, -0.1) is 0 Å². The smallest absolute Gasteiger partial charge is 0.238 e. The molecule has 0 radical (unpaired) electrons. The Morgan fingerprint density at radius 3 is 2.53 bits per heavy atom. The lowest BCUT2D eigenvalue weighted by Crippen LogP contribution is -2.46. The standard InChI is InChI=1S/C11H22N2O3S/c1-9(2)13(7-10-5-4-6-12-10)11(14)8-17(3,15)16/h9-10,12H,4-8H2,1-3H3. The van der Waals surface area contributed by atoms with Crippen molar-refractivity contribution >= 4 is 15.7 Å². The number of amides is 1.